The maximum Gasteiger partial charge on any atom is 0.187 e. The van der Waals surface area contributed by atoms with Crippen LogP contribution in [0.3, 0.4) is 0 Å². The van der Waals surface area contributed by atoms with E-state index < -0.39 is 0 Å². The van der Waals surface area contributed by atoms with E-state index in [1.165, 1.54) is 6.33 Å². The fourth-order valence-electron chi connectivity index (χ4n) is 1.51. The molecule has 5 nitrogen and oxygen atoms in total. The van der Waals surface area contributed by atoms with Gasteiger partial charge in [0.1, 0.15) is 6.07 Å². The van der Waals surface area contributed by atoms with Crippen LogP contribution in [0.5, 0.6) is 0 Å². The second-order valence-corrected chi connectivity index (χ2v) is 3.96. The Balaban J connectivity index is 2.59. The number of hydrogen-bond donors (Lipinski definition) is 0. The highest BCUT2D eigenvalue weighted by Crippen LogP contribution is 2.15. The molecule has 0 fully saturated rings. The molecular weight excluding hydrogens is 216 g/mol. The van der Waals surface area contributed by atoms with Gasteiger partial charge in [0, 0.05) is 7.05 Å². The van der Waals surface area contributed by atoms with Gasteiger partial charge >= 0.3 is 0 Å². The average molecular weight is 233 g/mol. The lowest BCUT2D eigenvalue weighted by Gasteiger charge is -2.08. The van der Waals surface area contributed by atoms with Crippen molar-refractivity contribution >= 4 is 11.7 Å². The molecule has 0 atom stereocenters. The van der Waals surface area contributed by atoms with Gasteiger partial charge in [-0.25, -0.2) is 9.98 Å². The Kier molecular flexibility index (Phi) is 5.21. The minimum absolute atomic E-state index is 0.198. The summed E-state index contributed by atoms with van der Waals surface area (Å²) >= 11 is 0. The van der Waals surface area contributed by atoms with Crippen LogP contribution in [0.2, 0.25) is 0 Å². The van der Waals surface area contributed by atoms with Gasteiger partial charge in [0.15, 0.2) is 11.5 Å². The number of nitrogens with zero attached hydrogens (tertiary/aromatic N) is 4. The minimum Gasteiger partial charge on any atom is -0.862 e. The van der Waals surface area contributed by atoms with Crippen LogP contribution in [-0.4, -0.2) is 15.4 Å². The second kappa shape index (κ2) is 6.69. The van der Waals surface area contributed by atoms with E-state index in [4.69, 9.17) is 5.26 Å². The number of nitriles is 1. The first-order valence-corrected chi connectivity index (χ1v) is 5.85. The molecule has 0 aromatic carbocycles. The average Bonchev–Trinajstić information content (AvgIpc) is 2.65. The van der Waals surface area contributed by atoms with Crippen LogP contribution in [0.1, 0.15) is 44.7 Å². The lowest BCUT2D eigenvalue weighted by atomic mass is 10.1. The Bertz CT molecular complexity index is 428. The monoisotopic (exact) mass is 233 g/mol. The van der Waals surface area contributed by atoms with Crippen molar-refractivity contribution in [1.82, 2.24) is 9.55 Å². The topological polar surface area (TPSA) is 77.0 Å². The van der Waals surface area contributed by atoms with Crippen LogP contribution < -0.4 is 5.11 Å². The number of imidazole rings is 1. The molecule has 17 heavy (non-hydrogen) atoms. The molecule has 0 saturated heterocycles. The summed E-state index contributed by atoms with van der Waals surface area (Å²) in [5.74, 6) is 0.0341. The van der Waals surface area contributed by atoms with Crippen LogP contribution in [0.15, 0.2) is 11.3 Å². The maximum atomic E-state index is 11.5. The molecule has 1 aromatic heterocycles. The minimum atomic E-state index is -0.198. The largest absolute Gasteiger partial charge is 0.862 e. The molecule has 0 saturated carbocycles. The summed E-state index contributed by atoms with van der Waals surface area (Å²) in [6.45, 7) is 2.12. The predicted molar refractivity (Wildman–Crippen MR) is 63.8 cm³/mol. The van der Waals surface area contributed by atoms with Crippen LogP contribution in [0, 0.1) is 11.3 Å². The molecule has 0 radical (unpaired) electrons. The van der Waals surface area contributed by atoms with E-state index >= 15 is 0 Å². The molecule has 1 aromatic rings. The Hall–Kier alpha value is -1.83. The third-order valence-corrected chi connectivity index (χ3v) is 2.50. The number of aromatic nitrogens is 2. The summed E-state index contributed by atoms with van der Waals surface area (Å²) < 4.78 is 1.56. The van der Waals surface area contributed by atoms with Crippen molar-refractivity contribution in [3.05, 3.63) is 12.0 Å². The lowest BCUT2D eigenvalue weighted by Crippen LogP contribution is -2.16. The first-order valence-electron chi connectivity index (χ1n) is 5.85. The summed E-state index contributed by atoms with van der Waals surface area (Å²) in [7, 11) is 1.70. The lowest BCUT2D eigenvalue weighted by molar-refractivity contribution is -0.218. The molecule has 0 aliphatic heterocycles. The van der Waals surface area contributed by atoms with Crippen molar-refractivity contribution in [2.75, 3.05) is 0 Å². The molecule has 0 spiro atoms. The normalized spacial score (nSPS) is 11.5. The maximum absolute atomic E-state index is 11.5. The van der Waals surface area contributed by atoms with Gasteiger partial charge in [0.2, 0.25) is 0 Å². The van der Waals surface area contributed by atoms with E-state index in [0.717, 1.165) is 25.7 Å². The Morgan fingerprint density at radius 2 is 2.29 bits per heavy atom. The summed E-state index contributed by atoms with van der Waals surface area (Å²) in [6, 6.07) is 1.98. The number of aliphatic imine (C=N–C) groups is 1. The zero-order valence-electron chi connectivity index (χ0n) is 10.3. The first-order chi connectivity index (χ1) is 8.19. The molecule has 0 amide bonds. The molecule has 0 aliphatic rings. The van der Waals surface area contributed by atoms with Gasteiger partial charge < -0.3 is 9.67 Å². The number of hydrogen-bond acceptors (Lipinski definition) is 4. The zero-order chi connectivity index (χ0) is 12.7. The van der Waals surface area contributed by atoms with Gasteiger partial charge in [-0.15, -0.1) is 0 Å². The van der Waals surface area contributed by atoms with Crippen molar-refractivity contribution in [1.29, 1.82) is 5.26 Å². The van der Waals surface area contributed by atoms with Crippen LogP contribution in [0.25, 0.3) is 0 Å². The highest BCUT2D eigenvalue weighted by Gasteiger charge is 2.05. The standard InChI is InChI=1S/C12H18N4O/c1-3-4-5-6-7-11(17)15-12-10(8-13)16(2)9-14-12/h9H,3-7H2,1-2H3,(H,15,17)/p-1. The van der Waals surface area contributed by atoms with Gasteiger partial charge in [-0.05, 0) is 18.7 Å². The quantitative estimate of drug-likeness (QED) is 0.426. The van der Waals surface area contributed by atoms with Gasteiger partial charge in [0.25, 0.3) is 0 Å². The molecular formula is C12H17N4O-. The Labute approximate surface area is 101 Å². The van der Waals surface area contributed by atoms with E-state index in [1.54, 1.807) is 11.6 Å². The Morgan fingerprint density at radius 1 is 1.53 bits per heavy atom. The van der Waals surface area contributed by atoms with Crippen molar-refractivity contribution in [3.8, 4) is 6.07 Å². The molecule has 0 N–H and O–H groups in total. The molecule has 1 heterocycles. The van der Waals surface area contributed by atoms with E-state index in [-0.39, 0.29) is 11.7 Å². The Morgan fingerprint density at radius 3 is 2.94 bits per heavy atom. The number of unbranched alkanes of at least 4 members (excludes halogenated alkanes) is 3. The summed E-state index contributed by atoms with van der Waals surface area (Å²) in [5.41, 5.74) is 0.326. The molecule has 0 bridgehead atoms. The molecule has 0 unspecified atom stereocenters. The van der Waals surface area contributed by atoms with E-state index in [0.29, 0.717) is 12.1 Å². The van der Waals surface area contributed by atoms with Gasteiger partial charge in [-0.2, -0.15) is 5.26 Å². The SMILES string of the molecule is CCCCCC/C([O-])=N\c1ncn(C)c1C#N. The predicted octanol–water partition coefficient (Wildman–Crippen LogP) is 1.65. The van der Waals surface area contributed by atoms with Gasteiger partial charge in [0.05, 0.1) is 6.33 Å². The van der Waals surface area contributed by atoms with Crippen LogP contribution in [0.4, 0.5) is 5.82 Å². The van der Waals surface area contributed by atoms with E-state index in [1.807, 2.05) is 6.07 Å². The molecule has 92 valence electrons. The molecule has 1 rings (SSSR count). The second-order valence-electron chi connectivity index (χ2n) is 3.96. The van der Waals surface area contributed by atoms with E-state index in [2.05, 4.69) is 16.9 Å². The summed E-state index contributed by atoms with van der Waals surface area (Å²) in [5, 5.41) is 20.4. The van der Waals surface area contributed by atoms with Gasteiger partial charge in [-0.1, -0.05) is 26.2 Å². The third-order valence-electron chi connectivity index (χ3n) is 2.50. The van der Waals surface area contributed by atoms with Crippen molar-refractivity contribution in [2.24, 2.45) is 12.0 Å². The number of rotatable bonds is 6. The van der Waals surface area contributed by atoms with Crippen molar-refractivity contribution < 1.29 is 5.11 Å². The summed E-state index contributed by atoms with van der Waals surface area (Å²) in [6.07, 6.45) is 6.10. The fourth-order valence-corrected chi connectivity index (χ4v) is 1.51. The van der Waals surface area contributed by atoms with E-state index in [9.17, 15) is 5.11 Å². The molecule has 0 aliphatic carbocycles. The van der Waals surface area contributed by atoms with Crippen molar-refractivity contribution in [2.45, 2.75) is 39.0 Å². The summed E-state index contributed by atoms with van der Waals surface area (Å²) in [4.78, 5) is 7.78. The fraction of sp³-hybridized carbons (Fsp3) is 0.583. The first kappa shape index (κ1) is 13.2. The zero-order valence-corrected chi connectivity index (χ0v) is 10.3. The van der Waals surface area contributed by atoms with Crippen LogP contribution >= 0.6 is 0 Å². The van der Waals surface area contributed by atoms with Crippen LogP contribution in [-0.2, 0) is 7.05 Å². The third kappa shape index (κ3) is 3.91. The van der Waals surface area contributed by atoms with Crippen molar-refractivity contribution in [3.63, 3.8) is 0 Å². The highest BCUT2D eigenvalue weighted by atomic mass is 16.3. The smallest absolute Gasteiger partial charge is 0.187 e. The highest BCUT2D eigenvalue weighted by molar-refractivity contribution is 5.75. The van der Waals surface area contributed by atoms with Gasteiger partial charge in [-0.3, -0.25) is 0 Å². The number of aryl methyl sites for hydroxylation is 1. The molecule has 5 heteroatoms.